The van der Waals surface area contributed by atoms with Crippen molar-refractivity contribution in [2.45, 2.75) is 44.9 Å². The van der Waals surface area contributed by atoms with E-state index in [-0.39, 0.29) is 11.8 Å². The Hall–Kier alpha value is -6.20. The lowest BCUT2D eigenvalue weighted by atomic mass is 9.90. The number of carbonyl (C=O) groups excluding carboxylic acids is 1. The Morgan fingerprint density at radius 3 is 1.69 bits per heavy atom. The molecule has 7 aromatic rings. The van der Waals surface area contributed by atoms with Crippen LogP contribution >= 0.6 is 0 Å². The topological polar surface area (TPSA) is 56.1 Å². The Balaban J connectivity index is 1.27. The van der Waals surface area contributed by atoms with Crippen molar-refractivity contribution in [2.24, 2.45) is 0 Å². The molecule has 1 N–H and O–H groups in total. The zero-order valence-electron chi connectivity index (χ0n) is 29.3. The zero-order valence-corrected chi connectivity index (χ0v) is 29.3. The number of nitrogens with zero attached hydrogens (tertiary/aromatic N) is 2. The van der Waals surface area contributed by atoms with E-state index < -0.39 is 0 Å². The van der Waals surface area contributed by atoms with E-state index in [4.69, 9.17) is 9.72 Å². The van der Waals surface area contributed by atoms with Crippen LogP contribution in [0, 0.1) is 0 Å². The van der Waals surface area contributed by atoms with Gasteiger partial charge in [-0.25, -0.2) is 4.98 Å². The third kappa shape index (κ3) is 8.74. The number of nitrogens with one attached hydrogen (secondary N) is 1. The van der Waals surface area contributed by atoms with Crippen LogP contribution in [0.4, 0.5) is 0 Å². The quantitative estimate of drug-likeness (QED) is 0.117. The molecule has 52 heavy (non-hydrogen) atoms. The highest BCUT2D eigenvalue weighted by Gasteiger charge is 2.29. The summed E-state index contributed by atoms with van der Waals surface area (Å²) in [6.07, 6.45) is 2.25. The van der Waals surface area contributed by atoms with E-state index in [1.807, 2.05) is 78.9 Å². The second kappa shape index (κ2) is 17.1. The molecule has 0 unspecified atom stereocenters. The molecule has 0 atom stereocenters. The minimum atomic E-state index is -0.165. The van der Waals surface area contributed by atoms with Crippen molar-refractivity contribution in [3.8, 4) is 5.75 Å². The van der Waals surface area contributed by atoms with Crippen LogP contribution in [0.3, 0.4) is 0 Å². The van der Waals surface area contributed by atoms with Gasteiger partial charge < -0.3 is 14.6 Å². The maximum Gasteiger partial charge on any atom is 0.270 e. The second-order valence-corrected chi connectivity index (χ2v) is 13.0. The van der Waals surface area contributed by atoms with Crippen LogP contribution in [0.1, 0.15) is 67.7 Å². The number of aryl methyl sites for hydroxylation is 1. The van der Waals surface area contributed by atoms with Crippen LogP contribution in [0.25, 0.3) is 0 Å². The number of hydrogen-bond acceptors (Lipinski definition) is 3. The van der Waals surface area contributed by atoms with E-state index in [9.17, 15) is 4.79 Å². The highest BCUT2D eigenvalue weighted by atomic mass is 16.5. The van der Waals surface area contributed by atoms with Gasteiger partial charge in [-0.1, -0.05) is 164 Å². The molecule has 1 aromatic heterocycles. The maximum atomic E-state index is 14.5. The lowest BCUT2D eigenvalue weighted by Crippen LogP contribution is -2.27. The summed E-state index contributed by atoms with van der Waals surface area (Å²) in [5.41, 5.74) is 8.13. The molecule has 0 radical (unpaired) electrons. The zero-order chi connectivity index (χ0) is 35.4. The van der Waals surface area contributed by atoms with Gasteiger partial charge in [0.1, 0.15) is 23.9 Å². The van der Waals surface area contributed by atoms with E-state index in [0.717, 1.165) is 57.9 Å². The van der Waals surface area contributed by atoms with E-state index in [1.165, 1.54) is 5.56 Å². The van der Waals surface area contributed by atoms with Gasteiger partial charge in [0.25, 0.3) is 5.91 Å². The minimum absolute atomic E-state index is 0.125. The molecule has 0 fully saturated rings. The van der Waals surface area contributed by atoms with Crippen molar-refractivity contribution < 1.29 is 9.53 Å². The Labute approximate surface area is 306 Å². The lowest BCUT2D eigenvalue weighted by Gasteiger charge is -2.21. The summed E-state index contributed by atoms with van der Waals surface area (Å²) in [6.45, 7) is 1.58. The van der Waals surface area contributed by atoms with Gasteiger partial charge in [0.2, 0.25) is 0 Å². The highest BCUT2D eigenvalue weighted by molar-refractivity contribution is 5.94. The lowest BCUT2D eigenvalue weighted by molar-refractivity contribution is 0.0940. The second-order valence-electron chi connectivity index (χ2n) is 13.0. The average Bonchev–Trinajstić information content (AvgIpc) is 3.55. The van der Waals surface area contributed by atoms with Crippen LogP contribution in [0.2, 0.25) is 0 Å². The third-order valence-electron chi connectivity index (χ3n) is 9.34. The van der Waals surface area contributed by atoms with Gasteiger partial charge in [-0.15, -0.1) is 0 Å². The molecule has 0 saturated heterocycles. The molecule has 0 aliphatic heterocycles. The molecular weight excluding hydrogens is 639 g/mol. The van der Waals surface area contributed by atoms with Gasteiger partial charge in [0.15, 0.2) is 0 Å². The van der Waals surface area contributed by atoms with Crippen molar-refractivity contribution in [2.75, 3.05) is 0 Å². The molecule has 1 amide bonds. The SMILES string of the molecule is O=C(NCc1ccccc1)c1c(Cc2ccc(OCc3ccccc3)cc2)nc(C(c2ccccc2)c2ccccc2)n1CCCc1ccccc1. The number of carbonyl (C=O) groups is 1. The molecule has 0 bridgehead atoms. The normalized spacial score (nSPS) is 11.0. The molecule has 6 aromatic carbocycles. The summed E-state index contributed by atoms with van der Waals surface area (Å²) in [5.74, 6) is 1.38. The number of imidazole rings is 1. The van der Waals surface area contributed by atoms with Crippen molar-refractivity contribution >= 4 is 5.91 Å². The third-order valence-corrected chi connectivity index (χ3v) is 9.34. The highest BCUT2D eigenvalue weighted by Crippen LogP contribution is 2.34. The van der Waals surface area contributed by atoms with Crippen LogP contribution in [-0.2, 0) is 32.5 Å². The Bertz CT molecular complexity index is 2090. The first-order chi connectivity index (χ1) is 25.7. The smallest absolute Gasteiger partial charge is 0.270 e. The van der Waals surface area contributed by atoms with Gasteiger partial charge in [-0.2, -0.15) is 0 Å². The fraction of sp³-hybridized carbons (Fsp3) is 0.149. The Morgan fingerprint density at radius 1 is 0.596 bits per heavy atom. The van der Waals surface area contributed by atoms with Gasteiger partial charge in [0.05, 0.1) is 11.6 Å². The summed E-state index contributed by atoms with van der Waals surface area (Å²) in [5, 5.41) is 3.24. The van der Waals surface area contributed by atoms with Crippen molar-refractivity contribution in [3.05, 3.63) is 227 Å². The van der Waals surface area contributed by atoms with Crippen LogP contribution in [0.15, 0.2) is 176 Å². The first-order valence-corrected chi connectivity index (χ1v) is 18.0. The van der Waals surface area contributed by atoms with E-state index in [0.29, 0.717) is 31.8 Å². The van der Waals surface area contributed by atoms with E-state index in [2.05, 4.69) is 107 Å². The minimum Gasteiger partial charge on any atom is -0.489 e. The molecule has 1 heterocycles. The van der Waals surface area contributed by atoms with Crippen molar-refractivity contribution in [3.63, 3.8) is 0 Å². The number of aromatic nitrogens is 2. The molecule has 7 rings (SSSR count). The van der Waals surface area contributed by atoms with Crippen LogP contribution < -0.4 is 10.1 Å². The van der Waals surface area contributed by atoms with Crippen LogP contribution in [-0.4, -0.2) is 15.5 Å². The summed E-state index contributed by atoms with van der Waals surface area (Å²) in [7, 11) is 0. The number of rotatable bonds is 15. The summed E-state index contributed by atoms with van der Waals surface area (Å²) >= 11 is 0. The van der Waals surface area contributed by atoms with Crippen molar-refractivity contribution in [1.29, 1.82) is 0 Å². The van der Waals surface area contributed by atoms with Crippen LogP contribution in [0.5, 0.6) is 5.75 Å². The van der Waals surface area contributed by atoms with Gasteiger partial charge in [-0.05, 0) is 58.4 Å². The average molecular weight is 682 g/mol. The Kier molecular flexibility index (Phi) is 11.3. The van der Waals surface area contributed by atoms with Crippen molar-refractivity contribution in [1.82, 2.24) is 14.9 Å². The standard InChI is InChI=1S/C47H43N3O2/c51-47(48-34-38-19-8-2-9-20-38)45-43(33-37-28-30-42(31-29-37)52-35-39-21-10-3-11-22-39)49-46(50(45)32-16-23-36-17-6-1-7-18-36)44(40-24-12-4-13-25-40)41-26-14-5-15-27-41/h1-15,17-22,24-31,44H,16,23,32-35H2,(H,48,51). The molecular formula is C47H43N3O2. The molecule has 5 heteroatoms. The predicted octanol–water partition coefficient (Wildman–Crippen LogP) is 9.80. The number of ether oxygens (including phenoxy) is 1. The number of amides is 1. The van der Waals surface area contributed by atoms with Gasteiger partial charge in [-0.3, -0.25) is 4.79 Å². The monoisotopic (exact) mass is 681 g/mol. The summed E-state index contributed by atoms with van der Waals surface area (Å²) in [6, 6.07) is 59.9. The predicted molar refractivity (Wildman–Crippen MR) is 208 cm³/mol. The largest absolute Gasteiger partial charge is 0.489 e. The molecule has 5 nitrogen and oxygen atoms in total. The molecule has 258 valence electrons. The van der Waals surface area contributed by atoms with Gasteiger partial charge in [0, 0.05) is 19.5 Å². The molecule has 0 aliphatic carbocycles. The van der Waals surface area contributed by atoms with E-state index >= 15 is 0 Å². The van der Waals surface area contributed by atoms with Gasteiger partial charge >= 0.3 is 0 Å². The summed E-state index contributed by atoms with van der Waals surface area (Å²) < 4.78 is 8.28. The fourth-order valence-electron chi connectivity index (χ4n) is 6.71. The maximum absolute atomic E-state index is 14.5. The van der Waals surface area contributed by atoms with E-state index in [1.54, 1.807) is 0 Å². The first kappa shape index (κ1) is 34.3. The molecule has 0 aliphatic rings. The fourth-order valence-corrected chi connectivity index (χ4v) is 6.71. The summed E-state index contributed by atoms with van der Waals surface area (Å²) in [4.78, 5) is 19.9. The Morgan fingerprint density at radius 2 is 1.12 bits per heavy atom. The number of hydrogen-bond donors (Lipinski definition) is 1. The first-order valence-electron chi connectivity index (χ1n) is 18.0. The number of benzene rings is 6. The molecule has 0 spiro atoms. The molecule has 0 saturated carbocycles.